The molecule has 10 rings (SSSR count). The molecule has 19 heteroatoms. The van der Waals surface area contributed by atoms with Crippen molar-refractivity contribution < 1.29 is 13.5 Å². The summed E-state index contributed by atoms with van der Waals surface area (Å²) in [5, 5.41) is 37.8. The highest BCUT2D eigenvalue weighted by Crippen LogP contribution is 2.40. The van der Waals surface area contributed by atoms with Gasteiger partial charge in [-0.15, -0.1) is 0 Å². The topological polar surface area (TPSA) is 159 Å². The average molecular weight is 939 g/mol. The van der Waals surface area contributed by atoms with Crippen LogP contribution in [0.4, 0.5) is 8.78 Å². The number of rotatable bonds is 9. The maximum Gasteiger partial charge on any atom is 0.159 e. The summed E-state index contributed by atoms with van der Waals surface area (Å²) in [5.74, 6) is -0.523. The third-order valence-corrected chi connectivity index (χ3v) is 14.6. The van der Waals surface area contributed by atoms with Gasteiger partial charge in [-0.3, -0.25) is 9.36 Å². The Morgan fingerprint density at radius 3 is 1.48 bits per heavy atom. The van der Waals surface area contributed by atoms with Gasteiger partial charge in [-0.25, -0.2) is 27.8 Å². The first-order chi connectivity index (χ1) is 32.4. The number of aryl methyl sites for hydroxylation is 1. The van der Waals surface area contributed by atoms with Crippen LogP contribution in [-0.4, -0.2) is 106 Å². The molecule has 67 heavy (non-hydrogen) atoms. The minimum atomic E-state index is -0.489. The molecule has 15 nitrogen and oxygen atoms in total. The second-order valence-corrected chi connectivity index (χ2v) is 19.1. The van der Waals surface area contributed by atoms with E-state index in [1.807, 2.05) is 36.9 Å². The Balaban J connectivity index is 0.000000168. The fourth-order valence-corrected chi connectivity index (χ4v) is 10.7. The highest BCUT2D eigenvalue weighted by atomic mass is 32.2. The van der Waals surface area contributed by atoms with Crippen LogP contribution in [0.5, 0.6) is 5.75 Å². The lowest BCUT2D eigenvalue weighted by Crippen LogP contribution is -2.32. The second-order valence-electron chi connectivity index (χ2n) is 17.0. The number of hydrogen-bond acceptors (Lipinski definition) is 13. The zero-order valence-corrected chi connectivity index (χ0v) is 39.6. The van der Waals surface area contributed by atoms with Gasteiger partial charge in [0.1, 0.15) is 27.9 Å². The van der Waals surface area contributed by atoms with Gasteiger partial charge in [0.25, 0.3) is 0 Å². The van der Waals surface area contributed by atoms with Crippen LogP contribution in [0.2, 0.25) is 0 Å². The van der Waals surface area contributed by atoms with Crippen molar-refractivity contribution in [3.63, 3.8) is 0 Å². The van der Waals surface area contributed by atoms with Gasteiger partial charge in [-0.05, 0) is 110 Å². The summed E-state index contributed by atoms with van der Waals surface area (Å²) < 4.78 is 41.9. The summed E-state index contributed by atoms with van der Waals surface area (Å²) in [6.45, 7) is 10.2. The van der Waals surface area contributed by atoms with E-state index in [0.717, 1.165) is 108 Å². The molecule has 2 aliphatic rings. The zero-order valence-electron chi connectivity index (χ0n) is 38.0. The average Bonchev–Trinajstić information content (AvgIpc) is 4.13. The Morgan fingerprint density at radius 1 is 0.612 bits per heavy atom. The number of aromatic nitrogens is 10. The maximum atomic E-state index is 14.7. The van der Waals surface area contributed by atoms with Gasteiger partial charge in [0.15, 0.2) is 11.6 Å². The molecule has 0 aromatic carbocycles. The minimum absolute atomic E-state index is 0.198. The second kappa shape index (κ2) is 19.3. The van der Waals surface area contributed by atoms with Crippen LogP contribution in [0.15, 0.2) is 93.7 Å². The maximum absolute atomic E-state index is 14.7. The number of hydrogen-bond donors (Lipinski definition) is 0. The molecule has 0 saturated carbocycles. The predicted molar refractivity (Wildman–Crippen MR) is 251 cm³/mol. The standard InChI is InChI=1S/C24H24FN7OS.C24H24FN7S/c1-15-20(13-29-32(15)18-4-6-30(2)7-5-18)16-8-22(23-17(10-26)11-28-31(23)14-16)34-24-21(25)9-19(33-3)12-27-24;1-15-8-21(25)24(27-11-15)33-22-9-17(14-31-23(22)18(10-26)12-28-31)20-13-29-32(16(20)2)19-4-6-30(3)7-5-19/h8-9,11-14,18H,4-7H2,1-3H3;8-9,11-14,19H,4-7H2,1-3H3. The molecule has 2 fully saturated rings. The smallest absolute Gasteiger partial charge is 0.159 e. The number of piperidine rings is 2. The molecule has 0 N–H and O–H groups in total. The number of halogens is 2. The molecule has 2 aliphatic heterocycles. The van der Waals surface area contributed by atoms with Crippen LogP contribution in [0.3, 0.4) is 0 Å². The Morgan fingerprint density at radius 2 is 1.06 bits per heavy atom. The van der Waals surface area contributed by atoms with Crippen LogP contribution in [-0.2, 0) is 0 Å². The molecule has 10 heterocycles. The first kappa shape index (κ1) is 45.5. The first-order valence-electron chi connectivity index (χ1n) is 21.9. The van der Waals surface area contributed by atoms with Crippen molar-refractivity contribution in [2.75, 3.05) is 47.4 Å². The van der Waals surface area contributed by atoms with Crippen molar-refractivity contribution >= 4 is 34.6 Å². The molecule has 0 spiro atoms. The largest absolute Gasteiger partial charge is 0.495 e. The van der Waals surface area contributed by atoms with Gasteiger partial charge in [0, 0.05) is 68.1 Å². The van der Waals surface area contributed by atoms with Crippen LogP contribution < -0.4 is 4.74 Å². The minimum Gasteiger partial charge on any atom is -0.495 e. The third kappa shape index (κ3) is 9.24. The number of likely N-dealkylation sites (tertiary alicyclic amines) is 2. The summed E-state index contributed by atoms with van der Waals surface area (Å²) in [6, 6.07) is 11.8. The van der Waals surface area contributed by atoms with E-state index in [1.165, 1.54) is 49.6 Å². The van der Waals surface area contributed by atoms with Crippen LogP contribution in [0.25, 0.3) is 33.3 Å². The summed E-state index contributed by atoms with van der Waals surface area (Å²) in [4.78, 5) is 14.6. The molecule has 0 bridgehead atoms. The summed E-state index contributed by atoms with van der Waals surface area (Å²) >= 11 is 2.37. The number of methoxy groups -OCH3 is 1. The van der Waals surface area contributed by atoms with Gasteiger partial charge in [-0.2, -0.15) is 30.9 Å². The van der Waals surface area contributed by atoms with Gasteiger partial charge < -0.3 is 14.5 Å². The van der Waals surface area contributed by atoms with Crippen molar-refractivity contribution in [1.29, 1.82) is 10.5 Å². The lowest BCUT2D eigenvalue weighted by Gasteiger charge is -2.29. The highest BCUT2D eigenvalue weighted by molar-refractivity contribution is 7.99. The summed E-state index contributed by atoms with van der Waals surface area (Å²) in [5.41, 5.74) is 8.85. The van der Waals surface area contributed by atoms with E-state index in [4.69, 9.17) is 14.9 Å². The van der Waals surface area contributed by atoms with Gasteiger partial charge in [0.05, 0.1) is 72.3 Å². The van der Waals surface area contributed by atoms with Crippen molar-refractivity contribution in [2.24, 2.45) is 0 Å². The van der Waals surface area contributed by atoms with E-state index in [0.29, 0.717) is 44.9 Å². The van der Waals surface area contributed by atoms with Gasteiger partial charge in [-0.1, -0.05) is 23.5 Å². The molecule has 0 aliphatic carbocycles. The summed E-state index contributed by atoms with van der Waals surface area (Å²) in [7, 11) is 5.76. The lowest BCUT2D eigenvalue weighted by molar-refractivity contribution is 0.210. The molecular formula is C48H48F2N14OS2. The molecule has 8 aromatic rings. The first-order valence-corrected chi connectivity index (χ1v) is 23.5. The van der Waals surface area contributed by atoms with Crippen LogP contribution in [0, 0.1) is 55.1 Å². The van der Waals surface area contributed by atoms with Crippen molar-refractivity contribution in [1.82, 2.24) is 58.6 Å². The van der Waals surface area contributed by atoms with Crippen LogP contribution in [0.1, 0.15) is 65.8 Å². The van der Waals surface area contributed by atoms with E-state index in [1.54, 1.807) is 22.2 Å². The van der Waals surface area contributed by atoms with Gasteiger partial charge >= 0.3 is 0 Å². The Bertz CT molecular complexity index is 3200. The third-order valence-electron chi connectivity index (χ3n) is 12.5. The molecule has 0 unspecified atom stereocenters. The normalized spacial score (nSPS) is 15.1. The zero-order chi connectivity index (χ0) is 46.9. The van der Waals surface area contributed by atoms with Crippen LogP contribution >= 0.6 is 23.5 Å². The number of nitrogens with zero attached hydrogens (tertiary/aromatic N) is 14. The molecule has 342 valence electrons. The lowest BCUT2D eigenvalue weighted by atomic mass is 10.0. The molecule has 0 radical (unpaired) electrons. The Hall–Kier alpha value is -6.64. The number of pyridine rings is 4. The Kier molecular flexibility index (Phi) is 13.1. The Labute approximate surface area is 395 Å². The van der Waals surface area contributed by atoms with Crippen molar-refractivity contribution in [2.45, 2.75) is 78.4 Å². The van der Waals surface area contributed by atoms with E-state index in [-0.39, 0.29) is 15.9 Å². The fourth-order valence-electron chi connectivity index (χ4n) is 8.81. The molecule has 8 aromatic heterocycles. The number of fused-ring (bicyclic) bond motifs is 2. The fraction of sp³-hybridized carbons (Fsp3) is 0.333. The van der Waals surface area contributed by atoms with E-state index >= 15 is 0 Å². The van der Waals surface area contributed by atoms with E-state index in [9.17, 15) is 19.3 Å². The quantitative estimate of drug-likeness (QED) is 0.135. The summed E-state index contributed by atoms with van der Waals surface area (Å²) in [6.07, 6.45) is 18.0. The highest BCUT2D eigenvalue weighted by Gasteiger charge is 2.25. The number of ether oxygens (including phenoxy) is 1. The predicted octanol–water partition coefficient (Wildman–Crippen LogP) is 8.98. The molecule has 2 saturated heterocycles. The SMILES string of the molecule is COc1cnc(Sc2cc(-c3cnn(C4CCN(C)CC4)c3C)cn3ncc(C#N)c23)c(F)c1.Cc1cnc(Sc2cc(-c3cnn(C4CCN(C)CC4)c3C)cn3ncc(C#N)c23)c(F)c1. The van der Waals surface area contributed by atoms with Crippen molar-refractivity contribution in [3.8, 4) is 40.1 Å². The molecular weight excluding hydrogens is 891 g/mol. The molecule has 0 amide bonds. The van der Waals surface area contributed by atoms with Crippen molar-refractivity contribution in [3.05, 3.63) is 114 Å². The van der Waals surface area contributed by atoms with E-state index < -0.39 is 5.82 Å². The van der Waals surface area contributed by atoms with Gasteiger partial charge in [0.2, 0.25) is 0 Å². The van der Waals surface area contributed by atoms with E-state index in [2.05, 4.69) is 79.4 Å². The number of nitriles is 2. The molecule has 0 atom stereocenters. The monoisotopic (exact) mass is 938 g/mol.